The van der Waals surface area contributed by atoms with Gasteiger partial charge in [-0.2, -0.15) is 0 Å². The fourth-order valence-corrected chi connectivity index (χ4v) is 6.22. The number of carbonyl (C=O) groups excluding carboxylic acids is 2. The SMILES string of the molecule is Cc1cc(C)cc(CSCC(=O)N(Cc2ccc(F)cc2)[C@@H](Cc2ccccc2)C(=O)NC2CCCCC2)c1. The Morgan fingerprint density at radius 3 is 2.23 bits per heavy atom. The zero-order chi connectivity index (χ0) is 27.6. The number of thioether (sulfide) groups is 1. The minimum Gasteiger partial charge on any atom is -0.352 e. The molecule has 0 unspecified atom stereocenters. The first-order valence-corrected chi connectivity index (χ1v) is 15.1. The molecule has 1 saturated carbocycles. The molecule has 1 fully saturated rings. The summed E-state index contributed by atoms with van der Waals surface area (Å²) in [5, 5.41) is 3.26. The van der Waals surface area contributed by atoms with E-state index in [-0.39, 0.29) is 36.0 Å². The standard InChI is InChI=1S/C33H39FN2O2S/c1-24-17-25(2)19-28(18-24)22-39-23-32(37)36(21-27-13-15-29(34)16-14-27)31(20-26-9-5-3-6-10-26)33(38)35-30-11-7-4-8-12-30/h3,5-6,9-10,13-19,30-31H,4,7-8,11-12,20-23H2,1-2H3,(H,35,38)/t31-/m0/s1. The van der Waals surface area contributed by atoms with E-state index in [9.17, 15) is 14.0 Å². The first kappa shape index (κ1) is 28.9. The van der Waals surface area contributed by atoms with Crippen LogP contribution in [-0.4, -0.2) is 34.6 Å². The van der Waals surface area contributed by atoms with E-state index >= 15 is 0 Å². The van der Waals surface area contributed by atoms with Gasteiger partial charge in [0.25, 0.3) is 0 Å². The third-order valence-electron chi connectivity index (χ3n) is 7.26. The maximum atomic E-state index is 13.8. The molecule has 1 aliphatic carbocycles. The Hall–Kier alpha value is -3.12. The average molecular weight is 547 g/mol. The van der Waals surface area contributed by atoms with Crippen molar-refractivity contribution in [3.63, 3.8) is 0 Å². The second-order valence-corrected chi connectivity index (χ2v) is 11.7. The van der Waals surface area contributed by atoms with Crippen molar-refractivity contribution in [1.82, 2.24) is 10.2 Å². The number of rotatable bonds is 11. The third kappa shape index (κ3) is 8.96. The highest BCUT2D eigenvalue weighted by Crippen LogP contribution is 2.22. The number of hydrogen-bond donors (Lipinski definition) is 1. The van der Waals surface area contributed by atoms with Gasteiger partial charge in [-0.1, -0.05) is 91.1 Å². The molecule has 6 heteroatoms. The van der Waals surface area contributed by atoms with Gasteiger partial charge in [0.15, 0.2) is 0 Å². The lowest BCUT2D eigenvalue weighted by Crippen LogP contribution is -2.53. The molecular weight excluding hydrogens is 507 g/mol. The van der Waals surface area contributed by atoms with Gasteiger partial charge in [-0.3, -0.25) is 9.59 Å². The molecule has 1 N–H and O–H groups in total. The highest BCUT2D eigenvalue weighted by atomic mass is 32.2. The molecule has 0 radical (unpaired) electrons. The molecule has 0 aromatic heterocycles. The first-order valence-electron chi connectivity index (χ1n) is 13.9. The normalized spacial score (nSPS) is 14.5. The predicted octanol–water partition coefficient (Wildman–Crippen LogP) is 6.76. The van der Waals surface area contributed by atoms with E-state index in [0.717, 1.165) is 42.6 Å². The largest absolute Gasteiger partial charge is 0.352 e. The molecule has 206 valence electrons. The quantitative estimate of drug-likeness (QED) is 0.289. The Morgan fingerprint density at radius 2 is 1.56 bits per heavy atom. The Balaban J connectivity index is 1.56. The van der Waals surface area contributed by atoms with Crippen LogP contribution in [0.1, 0.15) is 59.9 Å². The van der Waals surface area contributed by atoms with Crippen molar-refractivity contribution in [2.24, 2.45) is 0 Å². The zero-order valence-electron chi connectivity index (χ0n) is 23.0. The molecule has 0 bridgehead atoms. The van der Waals surface area contributed by atoms with Gasteiger partial charge in [-0.15, -0.1) is 11.8 Å². The molecule has 39 heavy (non-hydrogen) atoms. The summed E-state index contributed by atoms with van der Waals surface area (Å²) >= 11 is 1.56. The van der Waals surface area contributed by atoms with Crippen LogP contribution in [0.4, 0.5) is 4.39 Å². The predicted molar refractivity (Wildman–Crippen MR) is 158 cm³/mol. The van der Waals surface area contributed by atoms with E-state index in [0.29, 0.717) is 6.42 Å². The highest BCUT2D eigenvalue weighted by molar-refractivity contribution is 7.99. The maximum Gasteiger partial charge on any atom is 0.243 e. The Kier molecular flexibility index (Phi) is 10.6. The molecule has 0 saturated heterocycles. The average Bonchev–Trinajstić information content (AvgIpc) is 2.92. The van der Waals surface area contributed by atoms with Gasteiger partial charge in [0.2, 0.25) is 11.8 Å². The Morgan fingerprint density at radius 1 is 0.897 bits per heavy atom. The summed E-state index contributed by atoms with van der Waals surface area (Å²) in [5.41, 5.74) is 5.40. The van der Waals surface area contributed by atoms with Gasteiger partial charge >= 0.3 is 0 Å². The lowest BCUT2D eigenvalue weighted by Gasteiger charge is -2.33. The number of nitrogens with zero attached hydrogens (tertiary/aromatic N) is 1. The van der Waals surface area contributed by atoms with Crippen LogP contribution in [0.3, 0.4) is 0 Å². The van der Waals surface area contributed by atoms with Gasteiger partial charge < -0.3 is 10.2 Å². The number of benzene rings is 3. The topological polar surface area (TPSA) is 49.4 Å². The van der Waals surface area contributed by atoms with Gasteiger partial charge in [0.1, 0.15) is 11.9 Å². The smallest absolute Gasteiger partial charge is 0.243 e. The summed E-state index contributed by atoms with van der Waals surface area (Å²) in [7, 11) is 0. The van der Waals surface area contributed by atoms with Crippen molar-refractivity contribution in [1.29, 1.82) is 0 Å². The van der Waals surface area contributed by atoms with Crippen molar-refractivity contribution >= 4 is 23.6 Å². The van der Waals surface area contributed by atoms with E-state index in [4.69, 9.17) is 0 Å². The molecule has 4 rings (SSSR count). The van der Waals surface area contributed by atoms with Crippen LogP contribution in [-0.2, 0) is 28.3 Å². The summed E-state index contributed by atoms with van der Waals surface area (Å²) < 4.78 is 13.7. The molecular formula is C33H39FN2O2S. The molecule has 3 aromatic rings. The molecule has 2 amide bonds. The zero-order valence-corrected chi connectivity index (χ0v) is 23.8. The van der Waals surface area contributed by atoms with Crippen LogP contribution in [0.5, 0.6) is 0 Å². The highest BCUT2D eigenvalue weighted by Gasteiger charge is 2.31. The second kappa shape index (κ2) is 14.3. The maximum absolute atomic E-state index is 13.8. The lowest BCUT2D eigenvalue weighted by atomic mass is 9.94. The summed E-state index contributed by atoms with van der Waals surface area (Å²) in [6.07, 6.45) is 5.80. The molecule has 0 spiro atoms. The monoisotopic (exact) mass is 546 g/mol. The van der Waals surface area contributed by atoms with Crippen LogP contribution in [0, 0.1) is 19.7 Å². The van der Waals surface area contributed by atoms with Crippen LogP contribution >= 0.6 is 11.8 Å². The van der Waals surface area contributed by atoms with E-state index in [2.05, 4.69) is 37.4 Å². The lowest BCUT2D eigenvalue weighted by molar-refractivity contribution is -0.139. The van der Waals surface area contributed by atoms with Crippen LogP contribution < -0.4 is 5.32 Å². The number of carbonyl (C=O) groups is 2. The van der Waals surface area contributed by atoms with Crippen LogP contribution in [0.25, 0.3) is 0 Å². The second-order valence-electron chi connectivity index (χ2n) is 10.7. The minimum absolute atomic E-state index is 0.0894. The molecule has 1 atom stereocenters. The number of aryl methyl sites for hydroxylation is 2. The number of hydrogen-bond acceptors (Lipinski definition) is 3. The summed E-state index contributed by atoms with van der Waals surface area (Å²) in [6, 6.07) is 22.0. The van der Waals surface area contributed by atoms with Crippen molar-refractivity contribution in [3.05, 3.63) is 106 Å². The molecule has 0 heterocycles. The van der Waals surface area contributed by atoms with E-state index in [1.807, 2.05) is 30.3 Å². The van der Waals surface area contributed by atoms with E-state index in [1.54, 1.807) is 28.8 Å². The third-order valence-corrected chi connectivity index (χ3v) is 8.25. The summed E-state index contributed by atoms with van der Waals surface area (Å²) in [5.74, 6) is 0.456. The number of halogens is 1. The first-order chi connectivity index (χ1) is 18.9. The van der Waals surface area contributed by atoms with Crippen LogP contribution in [0.2, 0.25) is 0 Å². The van der Waals surface area contributed by atoms with Crippen molar-refractivity contribution in [2.45, 2.75) is 76.8 Å². The van der Waals surface area contributed by atoms with Gasteiger partial charge in [-0.05, 0) is 55.5 Å². The summed E-state index contributed by atoms with van der Waals surface area (Å²) in [4.78, 5) is 29.3. The van der Waals surface area contributed by atoms with Crippen molar-refractivity contribution in [2.75, 3.05) is 5.75 Å². The minimum atomic E-state index is -0.659. The van der Waals surface area contributed by atoms with Crippen LogP contribution in [0.15, 0.2) is 72.8 Å². The van der Waals surface area contributed by atoms with Gasteiger partial charge in [0, 0.05) is 24.8 Å². The van der Waals surface area contributed by atoms with E-state index < -0.39 is 6.04 Å². The fourth-order valence-electron chi connectivity index (χ4n) is 5.38. The Bertz CT molecular complexity index is 1210. The molecule has 4 nitrogen and oxygen atoms in total. The molecule has 0 aliphatic heterocycles. The van der Waals surface area contributed by atoms with E-state index in [1.165, 1.54) is 35.2 Å². The van der Waals surface area contributed by atoms with Crippen molar-refractivity contribution in [3.8, 4) is 0 Å². The summed E-state index contributed by atoms with van der Waals surface area (Å²) in [6.45, 7) is 4.41. The number of amides is 2. The fraction of sp³-hybridized carbons (Fsp3) is 0.394. The molecule has 1 aliphatic rings. The van der Waals surface area contributed by atoms with Gasteiger partial charge in [-0.25, -0.2) is 4.39 Å². The number of nitrogens with one attached hydrogen (secondary N) is 1. The van der Waals surface area contributed by atoms with Gasteiger partial charge in [0.05, 0.1) is 5.75 Å². The molecule has 3 aromatic carbocycles. The van der Waals surface area contributed by atoms with Crippen molar-refractivity contribution < 1.29 is 14.0 Å². The Labute approximate surface area is 236 Å².